The van der Waals surface area contributed by atoms with Crippen LogP contribution in [0.2, 0.25) is 0 Å². The molecule has 0 heterocycles. The van der Waals surface area contributed by atoms with Gasteiger partial charge >= 0.3 is 6.18 Å². The van der Waals surface area contributed by atoms with Crippen LogP contribution in [0.3, 0.4) is 0 Å². The van der Waals surface area contributed by atoms with Gasteiger partial charge in [0, 0.05) is 25.0 Å². The average Bonchev–Trinajstić information content (AvgIpc) is 2.65. The van der Waals surface area contributed by atoms with Crippen molar-refractivity contribution < 1.29 is 26.7 Å². The highest BCUT2D eigenvalue weighted by Crippen LogP contribution is 2.39. The van der Waals surface area contributed by atoms with Crippen LogP contribution in [0.15, 0.2) is 30.1 Å². The van der Waals surface area contributed by atoms with Crippen LogP contribution in [0.4, 0.5) is 22.0 Å². The topological polar surface area (TPSA) is 9.23 Å². The Balaban J connectivity index is 2.04. The van der Waals surface area contributed by atoms with E-state index in [2.05, 4.69) is 11.7 Å². The molecule has 1 nitrogen and oxygen atoms in total. The minimum absolute atomic E-state index is 0.0629. The predicted molar refractivity (Wildman–Crippen MR) is 96.5 cm³/mol. The Morgan fingerprint density at radius 3 is 2.15 bits per heavy atom. The molecule has 0 N–H and O–H groups in total. The van der Waals surface area contributed by atoms with Crippen LogP contribution in [0.5, 0.6) is 0 Å². The largest absolute Gasteiger partial charge is 0.414 e. The molecule has 1 unspecified atom stereocenters. The fourth-order valence-corrected chi connectivity index (χ4v) is 3.76. The van der Waals surface area contributed by atoms with Crippen molar-refractivity contribution in [2.75, 3.05) is 7.11 Å². The molecule has 0 spiro atoms. The van der Waals surface area contributed by atoms with E-state index in [-0.39, 0.29) is 12.0 Å². The zero-order valence-corrected chi connectivity index (χ0v) is 15.8. The van der Waals surface area contributed by atoms with Gasteiger partial charge in [-0.2, -0.15) is 13.2 Å². The summed E-state index contributed by atoms with van der Waals surface area (Å²) in [7, 11) is 1.000. The number of rotatable bonds is 7. The summed E-state index contributed by atoms with van der Waals surface area (Å²) in [6.45, 7) is 2.12. The van der Waals surface area contributed by atoms with Gasteiger partial charge in [0.1, 0.15) is 5.83 Å². The van der Waals surface area contributed by atoms with Gasteiger partial charge in [-0.3, -0.25) is 0 Å². The number of halogens is 5. The molecule has 0 aliphatic heterocycles. The third kappa shape index (κ3) is 6.03. The molecule has 152 valence electrons. The van der Waals surface area contributed by atoms with Crippen molar-refractivity contribution in [1.82, 2.24) is 0 Å². The Morgan fingerprint density at radius 1 is 1.07 bits per heavy atom. The van der Waals surface area contributed by atoms with Crippen LogP contribution in [0, 0.1) is 11.8 Å². The molecule has 0 radical (unpaired) electrons. The van der Waals surface area contributed by atoms with Crippen molar-refractivity contribution in [3.05, 3.63) is 41.2 Å². The summed E-state index contributed by atoms with van der Waals surface area (Å²) in [6.07, 6.45) is -1.42. The highest BCUT2D eigenvalue weighted by atomic mass is 19.4. The fourth-order valence-electron chi connectivity index (χ4n) is 3.76. The van der Waals surface area contributed by atoms with Crippen molar-refractivity contribution in [1.29, 1.82) is 0 Å². The lowest BCUT2D eigenvalue weighted by Gasteiger charge is -2.27. The third-order valence-corrected chi connectivity index (χ3v) is 5.39. The van der Waals surface area contributed by atoms with Gasteiger partial charge in [-0.15, -0.1) is 0 Å². The van der Waals surface area contributed by atoms with E-state index in [4.69, 9.17) is 0 Å². The van der Waals surface area contributed by atoms with E-state index < -0.39 is 29.9 Å². The molecule has 1 fully saturated rings. The van der Waals surface area contributed by atoms with Gasteiger partial charge in [-0.25, -0.2) is 8.78 Å². The van der Waals surface area contributed by atoms with Gasteiger partial charge in [0.15, 0.2) is 11.9 Å². The maximum absolute atomic E-state index is 14.5. The number of benzene rings is 1. The maximum Gasteiger partial charge on any atom is 0.414 e. The lowest BCUT2D eigenvalue weighted by molar-refractivity contribution is -0.212. The number of alkyl halides is 3. The first-order chi connectivity index (χ1) is 12.8. The highest BCUT2D eigenvalue weighted by molar-refractivity contribution is 5.61. The van der Waals surface area contributed by atoms with E-state index in [1.165, 1.54) is 24.3 Å². The zero-order chi connectivity index (χ0) is 20.0. The lowest BCUT2D eigenvalue weighted by atomic mass is 9.79. The summed E-state index contributed by atoms with van der Waals surface area (Å²) in [6, 6.07) is 5.43. The highest BCUT2D eigenvalue weighted by Gasteiger charge is 2.39. The summed E-state index contributed by atoms with van der Waals surface area (Å²) in [5, 5.41) is 0. The zero-order valence-electron chi connectivity index (χ0n) is 15.8. The van der Waals surface area contributed by atoms with Gasteiger partial charge in [0.2, 0.25) is 0 Å². The van der Waals surface area contributed by atoms with Crippen molar-refractivity contribution in [3.8, 4) is 0 Å². The fraction of sp³-hybridized carbons (Fsp3) is 0.619. The first-order valence-corrected chi connectivity index (χ1v) is 9.50. The third-order valence-electron chi connectivity index (χ3n) is 5.39. The number of hydrogen-bond donors (Lipinski definition) is 0. The molecule has 1 aromatic rings. The number of hydrogen-bond acceptors (Lipinski definition) is 1. The van der Waals surface area contributed by atoms with Gasteiger partial charge in [0.25, 0.3) is 0 Å². The van der Waals surface area contributed by atoms with Crippen molar-refractivity contribution in [2.45, 2.75) is 64.1 Å². The van der Waals surface area contributed by atoms with E-state index in [1.54, 1.807) is 0 Å². The van der Waals surface area contributed by atoms with Crippen molar-refractivity contribution >= 4 is 5.83 Å². The molecular formula is C21H27F5O. The molecule has 27 heavy (non-hydrogen) atoms. The number of methoxy groups -OCH3 is 1. The molecule has 0 bridgehead atoms. The monoisotopic (exact) mass is 390 g/mol. The summed E-state index contributed by atoms with van der Waals surface area (Å²) in [5.41, 5.74) is 0.420. The van der Waals surface area contributed by atoms with Crippen LogP contribution >= 0.6 is 0 Å². The number of ether oxygens (including phenoxy) is 1. The summed E-state index contributed by atoms with van der Waals surface area (Å²) in [4.78, 5) is 0. The normalized spacial score (nSPS) is 23.1. The first kappa shape index (κ1) is 21.9. The summed E-state index contributed by atoms with van der Waals surface area (Å²) < 4.78 is 71.8. The van der Waals surface area contributed by atoms with Crippen LogP contribution in [0.25, 0.3) is 5.83 Å². The Labute approximate surface area is 157 Å². The lowest BCUT2D eigenvalue weighted by Crippen LogP contribution is -2.32. The second kappa shape index (κ2) is 9.67. The molecule has 1 atom stereocenters. The Kier molecular flexibility index (Phi) is 7.83. The quantitative estimate of drug-likeness (QED) is 0.455. The smallest absolute Gasteiger partial charge is 0.372 e. The molecule has 1 aliphatic rings. The van der Waals surface area contributed by atoms with E-state index in [0.717, 1.165) is 32.8 Å². The molecule has 1 aromatic carbocycles. The SMILES string of the molecule is CCCC1CCC(/C(F)=C(/F)c2ccc(CC(OC)C(F)(F)F)cc2)CC1. The van der Waals surface area contributed by atoms with Crippen LogP contribution in [0.1, 0.15) is 56.6 Å². The van der Waals surface area contributed by atoms with Crippen molar-refractivity contribution in [3.63, 3.8) is 0 Å². The maximum atomic E-state index is 14.5. The molecule has 2 rings (SSSR count). The Hall–Kier alpha value is -1.43. The minimum Gasteiger partial charge on any atom is -0.372 e. The van der Waals surface area contributed by atoms with Crippen molar-refractivity contribution in [2.24, 2.45) is 11.8 Å². The van der Waals surface area contributed by atoms with Gasteiger partial charge in [-0.1, -0.05) is 44.0 Å². The van der Waals surface area contributed by atoms with Crippen LogP contribution in [-0.4, -0.2) is 19.4 Å². The summed E-state index contributed by atoms with van der Waals surface area (Å²) >= 11 is 0. The van der Waals surface area contributed by atoms with Crippen LogP contribution < -0.4 is 0 Å². The second-order valence-corrected chi connectivity index (χ2v) is 7.34. The second-order valence-electron chi connectivity index (χ2n) is 7.34. The first-order valence-electron chi connectivity index (χ1n) is 9.50. The molecule has 0 saturated heterocycles. The molecular weight excluding hydrogens is 363 g/mol. The molecule has 6 heteroatoms. The van der Waals surface area contributed by atoms with E-state index in [0.29, 0.717) is 24.3 Å². The van der Waals surface area contributed by atoms with E-state index >= 15 is 0 Å². The predicted octanol–water partition coefficient (Wildman–Crippen LogP) is 7.02. The molecule has 1 saturated carbocycles. The standard InChI is InChI=1S/C21H27F5O/c1-3-4-14-5-9-16(10-6-14)19(22)20(23)17-11-7-15(8-12-17)13-18(27-2)21(24,25)26/h7-8,11-12,14,16,18H,3-6,9-10,13H2,1-2H3/b20-19-. The summed E-state index contributed by atoms with van der Waals surface area (Å²) in [5.74, 6) is -1.44. The minimum atomic E-state index is -4.47. The molecule has 1 aliphatic carbocycles. The Bertz CT molecular complexity index is 612. The van der Waals surface area contributed by atoms with Gasteiger partial charge in [0.05, 0.1) is 0 Å². The van der Waals surface area contributed by atoms with Gasteiger partial charge < -0.3 is 4.74 Å². The van der Waals surface area contributed by atoms with E-state index in [9.17, 15) is 22.0 Å². The number of allylic oxidation sites excluding steroid dienone is 1. The van der Waals surface area contributed by atoms with E-state index in [1.807, 2.05) is 0 Å². The average molecular weight is 390 g/mol. The van der Waals surface area contributed by atoms with Crippen LogP contribution in [-0.2, 0) is 11.2 Å². The molecule has 0 amide bonds. The molecule has 0 aromatic heterocycles. The Morgan fingerprint density at radius 2 is 1.67 bits per heavy atom. The van der Waals surface area contributed by atoms with Gasteiger partial charge in [-0.05, 0) is 37.2 Å².